The summed E-state index contributed by atoms with van der Waals surface area (Å²) >= 11 is 0. The number of amides is 1. The molecule has 1 unspecified atom stereocenters. The van der Waals surface area contributed by atoms with E-state index in [1.54, 1.807) is 12.1 Å². The van der Waals surface area contributed by atoms with Gasteiger partial charge in [0.2, 0.25) is 11.6 Å². The maximum absolute atomic E-state index is 12.4. The van der Waals surface area contributed by atoms with Crippen LogP contribution < -0.4 is 5.32 Å². The third-order valence-electron chi connectivity index (χ3n) is 3.52. The molecule has 25 heavy (non-hydrogen) atoms. The van der Waals surface area contributed by atoms with Crippen molar-refractivity contribution in [3.8, 4) is 0 Å². The zero-order valence-electron chi connectivity index (χ0n) is 14.3. The van der Waals surface area contributed by atoms with Crippen molar-refractivity contribution in [3.05, 3.63) is 41.2 Å². The number of esters is 2. The average Bonchev–Trinajstić information content (AvgIpc) is 3.06. The van der Waals surface area contributed by atoms with Gasteiger partial charge in [0, 0.05) is 5.69 Å². The second-order valence-corrected chi connectivity index (χ2v) is 5.25. The molecular weight excluding hydrogens is 328 g/mol. The second kappa shape index (κ2) is 7.56. The van der Waals surface area contributed by atoms with Crippen molar-refractivity contribution in [1.82, 2.24) is 15.0 Å². The molecule has 1 atom stereocenters. The van der Waals surface area contributed by atoms with Gasteiger partial charge in [0.1, 0.15) is 6.04 Å². The van der Waals surface area contributed by atoms with E-state index in [0.717, 1.165) is 24.5 Å². The third-order valence-corrected chi connectivity index (χ3v) is 3.52. The molecule has 9 heteroatoms. The molecule has 1 aromatic carbocycles. The predicted octanol–water partition coefficient (Wildman–Crippen LogP) is 1.36. The van der Waals surface area contributed by atoms with Gasteiger partial charge in [-0.3, -0.25) is 4.79 Å². The number of aryl methyl sites for hydroxylation is 1. The number of ether oxygens (including phenoxy) is 2. The van der Waals surface area contributed by atoms with Crippen molar-refractivity contribution < 1.29 is 23.9 Å². The van der Waals surface area contributed by atoms with Crippen molar-refractivity contribution in [2.24, 2.45) is 0 Å². The molecule has 0 radical (unpaired) electrons. The Bertz CT molecular complexity index is 797. The van der Waals surface area contributed by atoms with Crippen LogP contribution in [0.15, 0.2) is 24.3 Å². The van der Waals surface area contributed by atoms with E-state index in [1.807, 2.05) is 19.1 Å². The first-order chi connectivity index (χ1) is 11.9. The van der Waals surface area contributed by atoms with E-state index in [1.165, 1.54) is 6.92 Å². The van der Waals surface area contributed by atoms with Crippen LogP contribution in [0.2, 0.25) is 0 Å². The Morgan fingerprint density at radius 2 is 1.68 bits per heavy atom. The summed E-state index contributed by atoms with van der Waals surface area (Å²) in [4.78, 5) is 36.2. The Hall–Kier alpha value is -3.23. The summed E-state index contributed by atoms with van der Waals surface area (Å²) in [7, 11) is 2.30. The zero-order valence-corrected chi connectivity index (χ0v) is 14.3. The molecule has 1 amide bonds. The molecule has 9 nitrogen and oxygen atoms in total. The van der Waals surface area contributed by atoms with E-state index >= 15 is 0 Å². The molecule has 0 spiro atoms. The van der Waals surface area contributed by atoms with Gasteiger partial charge in [-0.05, 0) is 26.0 Å². The van der Waals surface area contributed by atoms with Gasteiger partial charge < -0.3 is 14.8 Å². The Morgan fingerprint density at radius 1 is 1.08 bits per heavy atom. The van der Waals surface area contributed by atoms with Crippen LogP contribution in [0.5, 0.6) is 0 Å². The average molecular weight is 346 g/mol. The lowest BCUT2D eigenvalue weighted by Crippen LogP contribution is -2.28. The molecule has 2 rings (SSSR count). The summed E-state index contributed by atoms with van der Waals surface area (Å²) < 4.78 is 10.3. The summed E-state index contributed by atoms with van der Waals surface area (Å²) in [5, 5.41) is 10.1. The SMILES string of the molecule is COC(=O)c1nnn(C(C)C(=O)Nc2ccc(C)cc2)c1C(=O)OC. The number of nitrogens with zero attached hydrogens (tertiary/aromatic N) is 3. The lowest BCUT2D eigenvalue weighted by Gasteiger charge is -2.14. The Balaban J connectivity index is 2.31. The van der Waals surface area contributed by atoms with Gasteiger partial charge in [-0.2, -0.15) is 0 Å². The van der Waals surface area contributed by atoms with E-state index < -0.39 is 23.9 Å². The highest BCUT2D eigenvalue weighted by atomic mass is 16.5. The molecule has 0 saturated carbocycles. The highest BCUT2D eigenvalue weighted by Gasteiger charge is 2.31. The molecule has 132 valence electrons. The first-order valence-electron chi connectivity index (χ1n) is 7.38. The molecule has 0 saturated heterocycles. The molecule has 0 fully saturated rings. The number of carbonyl (C=O) groups is 3. The van der Waals surface area contributed by atoms with Crippen molar-refractivity contribution in [3.63, 3.8) is 0 Å². The molecule has 0 bridgehead atoms. The molecule has 0 aliphatic heterocycles. The minimum absolute atomic E-state index is 0.249. The fourth-order valence-corrected chi connectivity index (χ4v) is 2.08. The first-order valence-corrected chi connectivity index (χ1v) is 7.38. The summed E-state index contributed by atoms with van der Waals surface area (Å²) in [5.41, 5.74) is 1.08. The summed E-state index contributed by atoms with van der Waals surface area (Å²) in [5.74, 6) is -2.13. The van der Waals surface area contributed by atoms with E-state index in [9.17, 15) is 14.4 Å². The van der Waals surface area contributed by atoms with Crippen LogP contribution in [-0.2, 0) is 14.3 Å². The van der Waals surface area contributed by atoms with Crippen LogP contribution in [0, 0.1) is 6.92 Å². The van der Waals surface area contributed by atoms with Crippen molar-refractivity contribution in [1.29, 1.82) is 0 Å². The number of anilines is 1. The van der Waals surface area contributed by atoms with Crippen LogP contribution in [0.4, 0.5) is 5.69 Å². The van der Waals surface area contributed by atoms with Gasteiger partial charge in [0.15, 0.2) is 5.69 Å². The highest BCUT2D eigenvalue weighted by molar-refractivity contribution is 6.01. The topological polar surface area (TPSA) is 112 Å². The minimum Gasteiger partial charge on any atom is -0.464 e. The number of hydrogen-bond acceptors (Lipinski definition) is 7. The van der Waals surface area contributed by atoms with Gasteiger partial charge >= 0.3 is 11.9 Å². The summed E-state index contributed by atoms with van der Waals surface area (Å²) in [6.45, 7) is 3.45. The molecule has 1 heterocycles. The van der Waals surface area contributed by atoms with E-state index in [4.69, 9.17) is 0 Å². The van der Waals surface area contributed by atoms with Crippen LogP contribution in [0.1, 0.15) is 39.5 Å². The maximum atomic E-state index is 12.4. The summed E-state index contributed by atoms with van der Waals surface area (Å²) in [6.07, 6.45) is 0. The van der Waals surface area contributed by atoms with E-state index in [-0.39, 0.29) is 11.4 Å². The van der Waals surface area contributed by atoms with Gasteiger partial charge in [-0.25, -0.2) is 14.3 Å². The molecular formula is C16H18N4O5. The van der Waals surface area contributed by atoms with E-state index in [0.29, 0.717) is 5.69 Å². The van der Waals surface area contributed by atoms with Gasteiger partial charge in [0.05, 0.1) is 14.2 Å². The normalized spacial score (nSPS) is 11.5. The fourth-order valence-electron chi connectivity index (χ4n) is 2.08. The lowest BCUT2D eigenvalue weighted by atomic mass is 10.2. The van der Waals surface area contributed by atoms with Crippen LogP contribution >= 0.6 is 0 Å². The monoisotopic (exact) mass is 346 g/mol. The second-order valence-electron chi connectivity index (χ2n) is 5.25. The quantitative estimate of drug-likeness (QED) is 0.813. The van der Waals surface area contributed by atoms with Crippen molar-refractivity contribution >= 4 is 23.5 Å². The van der Waals surface area contributed by atoms with Crippen LogP contribution in [-0.4, -0.2) is 47.1 Å². The highest BCUT2D eigenvalue weighted by Crippen LogP contribution is 2.17. The first kappa shape index (κ1) is 18.1. The van der Waals surface area contributed by atoms with Crippen LogP contribution in [0.25, 0.3) is 0 Å². The van der Waals surface area contributed by atoms with Gasteiger partial charge in [0.25, 0.3) is 0 Å². The Kier molecular flexibility index (Phi) is 5.48. The number of hydrogen-bond donors (Lipinski definition) is 1. The Morgan fingerprint density at radius 3 is 2.24 bits per heavy atom. The molecule has 2 aromatic rings. The largest absolute Gasteiger partial charge is 0.464 e. The number of nitrogens with one attached hydrogen (secondary N) is 1. The van der Waals surface area contributed by atoms with Crippen molar-refractivity contribution in [2.75, 3.05) is 19.5 Å². The van der Waals surface area contributed by atoms with E-state index in [2.05, 4.69) is 25.1 Å². The minimum atomic E-state index is -0.915. The van der Waals surface area contributed by atoms with Crippen molar-refractivity contribution in [2.45, 2.75) is 19.9 Å². The standard InChI is InChI=1S/C16H18N4O5/c1-9-5-7-11(8-6-9)17-14(21)10(2)20-13(16(23)25-4)12(18-19-20)15(22)24-3/h5-8,10H,1-4H3,(H,17,21). The smallest absolute Gasteiger partial charge is 0.361 e. The molecule has 0 aliphatic rings. The predicted molar refractivity (Wildman–Crippen MR) is 87.2 cm³/mol. The number of benzene rings is 1. The molecule has 1 aromatic heterocycles. The number of methoxy groups -OCH3 is 2. The number of carbonyl (C=O) groups excluding carboxylic acids is 3. The molecule has 0 aliphatic carbocycles. The fraction of sp³-hybridized carbons (Fsp3) is 0.312. The molecule has 1 N–H and O–H groups in total. The summed E-state index contributed by atoms with van der Waals surface area (Å²) in [6, 6.07) is 6.29. The Labute approximate surface area is 143 Å². The lowest BCUT2D eigenvalue weighted by molar-refractivity contribution is -0.119. The van der Waals surface area contributed by atoms with Crippen LogP contribution in [0.3, 0.4) is 0 Å². The third kappa shape index (κ3) is 3.82. The zero-order chi connectivity index (χ0) is 18.6. The number of rotatable bonds is 5. The van der Waals surface area contributed by atoms with Gasteiger partial charge in [-0.15, -0.1) is 5.10 Å². The number of aromatic nitrogens is 3. The van der Waals surface area contributed by atoms with Gasteiger partial charge in [-0.1, -0.05) is 22.9 Å². The maximum Gasteiger partial charge on any atom is 0.361 e.